The zero-order valence-electron chi connectivity index (χ0n) is 11.9. The fraction of sp³-hybridized carbons (Fsp3) is 0.857. The molecule has 5 nitrogen and oxygen atoms in total. The molecule has 110 valence electrons. The number of amides is 1. The van der Waals surface area contributed by atoms with Gasteiger partial charge in [0.15, 0.2) is 0 Å². The maximum absolute atomic E-state index is 11.8. The summed E-state index contributed by atoms with van der Waals surface area (Å²) in [7, 11) is 0. The molecular weight excluding hydrogens is 246 g/mol. The number of ether oxygens (including phenoxy) is 1. The first kappa shape index (κ1) is 16.0. The van der Waals surface area contributed by atoms with Crippen molar-refractivity contribution in [2.24, 2.45) is 11.3 Å². The summed E-state index contributed by atoms with van der Waals surface area (Å²) in [6.45, 7) is 5.26. The van der Waals surface area contributed by atoms with Crippen molar-refractivity contribution in [1.82, 2.24) is 5.32 Å². The predicted molar refractivity (Wildman–Crippen MR) is 71.8 cm³/mol. The van der Waals surface area contributed by atoms with Gasteiger partial charge in [-0.1, -0.05) is 26.7 Å². The van der Waals surface area contributed by atoms with Crippen molar-refractivity contribution < 1.29 is 19.4 Å². The van der Waals surface area contributed by atoms with E-state index in [1.165, 1.54) is 0 Å². The van der Waals surface area contributed by atoms with E-state index in [0.29, 0.717) is 38.4 Å². The lowest BCUT2D eigenvalue weighted by Crippen LogP contribution is -2.46. The van der Waals surface area contributed by atoms with Crippen molar-refractivity contribution in [2.45, 2.75) is 46.0 Å². The molecule has 1 amide bonds. The molecule has 1 saturated heterocycles. The molecule has 0 aromatic carbocycles. The van der Waals surface area contributed by atoms with Crippen LogP contribution in [0.2, 0.25) is 0 Å². The van der Waals surface area contributed by atoms with Crippen molar-refractivity contribution in [3.63, 3.8) is 0 Å². The zero-order valence-corrected chi connectivity index (χ0v) is 11.9. The van der Waals surface area contributed by atoms with Crippen LogP contribution >= 0.6 is 0 Å². The van der Waals surface area contributed by atoms with E-state index in [1.54, 1.807) is 0 Å². The quantitative estimate of drug-likeness (QED) is 0.740. The highest BCUT2D eigenvalue weighted by Crippen LogP contribution is 2.30. The molecular formula is C14H25NO4. The molecule has 2 N–H and O–H groups in total. The molecule has 1 aliphatic rings. The van der Waals surface area contributed by atoms with Crippen LogP contribution in [-0.4, -0.2) is 36.7 Å². The average molecular weight is 271 g/mol. The van der Waals surface area contributed by atoms with Gasteiger partial charge in [0.1, 0.15) is 0 Å². The Balaban J connectivity index is 2.44. The summed E-state index contributed by atoms with van der Waals surface area (Å²) < 4.78 is 5.20. The molecule has 0 aromatic rings. The number of carbonyl (C=O) groups excluding carboxylic acids is 1. The fourth-order valence-corrected chi connectivity index (χ4v) is 2.48. The minimum absolute atomic E-state index is 0.0481. The van der Waals surface area contributed by atoms with Crippen LogP contribution in [-0.2, 0) is 14.3 Å². The SMILES string of the molecule is CCCC(C)CC(=O)NCC1(C(=O)O)CCOCC1. The smallest absolute Gasteiger partial charge is 0.311 e. The second kappa shape index (κ2) is 7.48. The van der Waals surface area contributed by atoms with Crippen molar-refractivity contribution in [2.75, 3.05) is 19.8 Å². The summed E-state index contributed by atoms with van der Waals surface area (Å²) in [6, 6.07) is 0. The minimum Gasteiger partial charge on any atom is -0.481 e. The number of nitrogens with one attached hydrogen (secondary N) is 1. The molecule has 1 rings (SSSR count). The molecule has 1 unspecified atom stereocenters. The summed E-state index contributed by atoms with van der Waals surface area (Å²) >= 11 is 0. The number of hydrogen-bond acceptors (Lipinski definition) is 3. The number of hydrogen-bond donors (Lipinski definition) is 2. The van der Waals surface area contributed by atoms with Gasteiger partial charge in [0.25, 0.3) is 0 Å². The number of rotatable bonds is 7. The van der Waals surface area contributed by atoms with Gasteiger partial charge in [0, 0.05) is 26.2 Å². The van der Waals surface area contributed by atoms with Crippen LogP contribution in [0, 0.1) is 11.3 Å². The van der Waals surface area contributed by atoms with Gasteiger partial charge in [-0.3, -0.25) is 9.59 Å². The highest BCUT2D eigenvalue weighted by atomic mass is 16.5. The first-order valence-corrected chi connectivity index (χ1v) is 7.08. The van der Waals surface area contributed by atoms with Gasteiger partial charge < -0.3 is 15.2 Å². The summed E-state index contributed by atoms with van der Waals surface area (Å²) in [6.07, 6.45) is 3.48. The van der Waals surface area contributed by atoms with Crippen molar-refractivity contribution >= 4 is 11.9 Å². The Morgan fingerprint density at radius 3 is 2.53 bits per heavy atom. The normalized spacial score (nSPS) is 19.7. The van der Waals surface area contributed by atoms with Crippen molar-refractivity contribution in [3.8, 4) is 0 Å². The Morgan fingerprint density at radius 2 is 2.00 bits per heavy atom. The Hall–Kier alpha value is -1.10. The van der Waals surface area contributed by atoms with Crippen LogP contribution < -0.4 is 5.32 Å². The number of carbonyl (C=O) groups is 2. The molecule has 0 spiro atoms. The van der Waals surface area contributed by atoms with Crippen LogP contribution in [0.15, 0.2) is 0 Å². The average Bonchev–Trinajstić information content (AvgIpc) is 2.37. The molecule has 0 aliphatic carbocycles. The largest absolute Gasteiger partial charge is 0.481 e. The third kappa shape index (κ3) is 4.82. The molecule has 0 aromatic heterocycles. The van der Waals surface area contributed by atoms with E-state index in [1.807, 2.05) is 6.92 Å². The lowest BCUT2D eigenvalue weighted by Gasteiger charge is -2.33. The Morgan fingerprint density at radius 1 is 1.37 bits per heavy atom. The molecule has 5 heteroatoms. The van der Waals surface area contributed by atoms with E-state index >= 15 is 0 Å². The minimum atomic E-state index is -0.845. The van der Waals surface area contributed by atoms with Gasteiger partial charge in [-0.15, -0.1) is 0 Å². The van der Waals surface area contributed by atoms with E-state index in [-0.39, 0.29) is 12.5 Å². The van der Waals surface area contributed by atoms with Crippen molar-refractivity contribution in [1.29, 1.82) is 0 Å². The van der Waals surface area contributed by atoms with E-state index in [0.717, 1.165) is 12.8 Å². The first-order valence-electron chi connectivity index (χ1n) is 7.08. The number of carboxylic acid groups (broad SMARTS) is 1. The lowest BCUT2D eigenvalue weighted by atomic mass is 9.80. The summed E-state index contributed by atoms with van der Waals surface area (Å²) in [5, 5.41) is 12.1. The van der Waals surface area contributed by atoms with Crippen LogP contribution in [0.25, 0.3) is 0 Å². The zero-order chi connectivity index (χ0) is 14.3. The maximum atomic E-state index is 11.8. The molecule has 0 bridgehead atoms. The summed E-state index contributed by atoms with van der Waals surface area (Å²) in [5.41, 5.74) is -0.845. The van der Waals surface area contributed by atoms with Gasteiger partial charge in [-0.05, 0) is 18.8 Å². The highest BCUT2D eigenvalue weighted by molar-refractivity contribution is 5.79. The Kier molecular flexibility index (Phi) is 6.28. The van der Waals surface area contributed by atoms with E-state index in [4.69, 9.17) is 4.74 Å². The Bertz CT molecular complexity index is 311. The predicted octanol–water partition coefficient (Wildman–Crippen LogP) is 1.81. The summed E-state index contributed by atoms with van der Waals surface area (Å²) in [4.78, 5) is 23.2. The molecule has 1 fully saturated rings. The molecule has 0 radical (unpaired) electrons. The van der Waals surface area contributed by atoms with Gasteiger partial charge in [-0.25, -0.2) is 0 Å². The van der Waals surface area contributed by atoms with E-state index in [9.17, 15) is 14.7 Å². The molecule has 1 aliphatic heterocycles. The number of carboxylic acids is 1. The second-order valence-electron chi connectivity index (χ2n) is 5.57. The molecule has 1 atom stereocenters. The monoisotopic (exact) mass is 271 g/mol. The van der Waals surface area contributed by atoms with Crippen molar-refractivity contribution in [3.05, 3.63) is 0 Å². The fourth-order valence-electron chi connectivity index (χ4n) is 2.48. The third-order valence-corrected chi connectivity index (χ3v) is 3.84. The lowest BCUT2D eigenvalue weighted by molar-refractivity contribution is -0.154. The van der Waals surface area contributed by atoms with Gasteiger partial charge >= 0.3 is 5.97 Å². The second-order valence-corrected chi connectivity index (χ2v) is 5.57. The number of aliphatic carboxylic acids is 1. The van der Waals surface area contributed by atoms with Crippen LogP contribution in [0.1, 0.15) is 46.0 Å². The van der Waals surface area contributed by atoms with Gasteiger partial charge in [-0.2, -0.15) is 0 Å². The van der Waals surface area contributed by atoms with Crippen LogP contribution in [0.4, 0.5) is 0 Å². The molecule has 0 saturated carbocycles. The maximum Gasteiger partial charge on any atom is 0.311 e. The Labute approximate surface area is 114 Å². The van der Waals surface area contributed by atoms with Gasteiger partial charge in [0.2, 0.25) is 5.91 Å². The molecule has 19 heavy (non-hydrogen) atoms. The molecule has 1 heterocycles. The summed E-state index contributed by atoms with van der Waals surface area (Å²) in [5.74, 6) is -0.536. The van der Waals surface area contributed by atoms with E-state index < -0.39 is 11.4 Å². The van der Waals surface area contributed by atoms with Gasteiger partial charge in [0.05, 0.1) is 5.41 Å². The first-order chi connectivity index (χ1) is 9.00. The third-order valence-electron chi connectivity index (χ3n) is 3.84. The van der Waals surface area contributed by atoms with Crippen LogP contribution in [0.3, 0.4) is 0 Å². The topological polar surface area (TPSA) is 75.6 Å². The highest BCUT2D eigenvalue weighted by Gasteiger charge is 2.40. The van der Waals surface area contributed by atoms with E-state index in [2.05, 4.69) is 12.2 Å². The standard InChI is InChI=1S/C14H25NO4/c1-3-4-11(2)9-12(16)15-10-14(13(17)18)5-7-19-8-6-14/h11H,3-10H2,1-2H3,(H,15,16)(H,17,18). The van der Waals surface area contributed by atoms with Crippen LogP contribution in [0.5, 0.6) is 0 Å².